The fraction of sp³-hybridized carbons (Fsp3) is 0.182. The van der Waals surface area contributed by atoms with Crippen LogP contribution in [0.25, 0.3) is 0 Å². The summed E-state index contributed by atoms with van der Waals surface area (Å²) in [5.41, 5.74) is 2.17. The van der Waals surface area contributed by atoms with Crippen LogP contribution >= 0.6 is 15.9 Å². The molecule has 78 valence electrons. The third kappa shape index (κ3) is 2.59. The van der Waals surface area contributed by atoms with E-state index in [0.717, 1.165) is 15.9 Å². The van der Waals surface area contributed by atoms with Crippen molar-refractivity contribution in [3.8, 4) is 0 Å². The summed E-state index contributed by atoms with van der Waals surface area (Å²) in [5.74, 6) is 0. The number of benzene rings is 1. The third-order valence-corrected chi connectivity index (χ3v) is 2.69. The Morgan fingerprint density at radius 3 is 2.93 bits per heavy atom. The fourth-order valence-electron chi connectivity index (χ4n) is 1.41. The van der Waals surface area contributed by atoms with E-state index in [1.165, 1.54) is 0 Å². The topological polar surface area (TPSA) is 40.7 Å². The molecule has 2 N–H and O–H groups in total. The lowest BCUT2D eigenvalue weighted by Crippen LogP contribution is -2.06. The first-order valence-corrected chi connectivity index (χ1v) is 5.56. The number of aromatic amines is 1. The molecule has 1 unspecified atom stereocenters. The zero-order valence-corrected chi connectivity index (χ0v) is 9.95. The summed E-state index contributed by atoms with van der Waals surface area (Å²) in [5, 5.41) is 10.3. The Morgan fingerprint density at radius 1 is 1.40 bits per heavy atom. The van der Waals surface area contributed by atoms with Gasteiger partial charge in [0.05, 0.1) is 11.7 Å². The molecule has 0 aliphatic rings. The van der Waals surface area contributed by atoms with Crippen LogP contribution in [-0.2, 0) is 0 Å². The maximum absolute atomic E-state index is 3.93. The van der Waals surface area contributed by atoms with Gasteiger partial charge < -0.3 is 5.32 Å². The molecule has 0 spiro atoms. The number of nitrogens with zero attached hydrogens (tertiary/aromatic N) is 1. The molecule has 2 rings (SSSR count). The molecule has 15 heavy (non-hydrogen) atoms. The lowest BCUT2D eigenvalue weighted by atomic mass is 10.2. The predicted octanol–water partition coefficient (Wildman–Crippen LogP) is 3.35. The zero-order valence-electron chi connectivity index (χ0n) is 8.37. The maximum Gasteiger partial charge on any atom is 0.0651 e. The van der Waals surface area contributed by atoms with Crippen LogP contribution in [0.3, 0.4) is 0 Å². The molecule has 0 saturated carbocycles. The maximum atomic E-state index is 3.93. The highest BCUT2D eigenvalue weighted by molar-refractivity contribution is 9.10. The largest absolute Gasteiger partial charge is 0.377 e. The second-order valence-corrected chi connectivity index (χ2v) is 4.30. The van der Waals surface area contributed by atoms with Gasteiger partial charge in [0.2, 0.25) is 0 Å². The van der Waals surface area contributed by atoms with Crippen LogP contribution < -0.4 is 5.32 Å². The van der Waals surface area contributed by atoms with Gasteiger partial charge in [-0.1, -0.05) is 22.0 Å². The van der Waals surface area contributed by atoms with Crippen LogP contribution in [0, 0.1) is 0 Å². The molecule has 0 aliphatic carbocycles. The Bertz CT molecular complexity index is 425. The van der Waals surface area contributed by atoms with Gasteiger partial charge in [0.25, 0.3) is 0 Å². The van der Waals surface area contributed by atoms with Crippen LogP contribution in [0.2, 0.25) is 0 Å². The number of hydrogen-bond donors (Lipinski definition) is 2. The zero-order chi connectivity index (χ0) is 10.7. The minimum absolute atomic E-state index is 0.224. The monoisotopic (exact) mass is 265 g/mol. The van der Waals surface area contributed by atoms with Crippen LogP contribution in [-0.4, -0.2) is 10.2 Å². The number of halogens is 1. The molecule has 2 aromatic rings. The molecule has 1 heterocycles. The van der Waals surface area contributed by atoms with Crippen molar-refractivity contribution in [2.24, 2.45) is 0 Å². The van der Waals surface area contributed by atoms with E-state index >= 15 is 0 Å². The molecule has 0 bridgehead atoms. The van der Waals surface area contributed by atoms with Gasteiger partial charge in [-0.25, -0.2) is 0 Å². The van der Waals surface area contributed by atoms with E-state index in [1.54, 1.807) is 6.20 Å². The molecule has 1 atom stereocenters. The van der Waals surface area contributed by atoms with E-state index in [2.05, 4.69) is 38.4 Å². The van der Waals surface area contributed by atoms with Crippen LogP contribution in [0.15, 0.2) is 41.0 Å². The lowest BCUT2D eigenvalue weighted by molar-refractivity contribution is 0.825. The van der Waals surface area contributed by atoms with E-state index in [0.29, 0.717) is 0 Å². The molecule has 0 aliphatic heterocycles. The minimum atomic E-state index is 0.224. The highest BCUT2D eigenvalue weighted by Gasteiger charge is 2.05. The summed E-state index contributed by atoms with van der Waals surface area (Å²) in [4.78, 5) is 0. The van der Waals surface area contributed by atoms with Gasteiger partial charge in [0.1, 0.15) is 0 Å². The Labute approximate surface area is 97.0 Å². The Balaban J connectivity index is 2.09. The summed E-state index contributed by atoms with van der Waals surface area (Å²) in [7, 11) is 0. The average Bonchev–Trinajstić information content (AvgIpc) is 2.70. The van der Waals surface area contributed by atoms with Gasteiger partial charge in [0.15, 0.2) is 0 Å². The molecule has 1 aromatic heterocycles. The fourth-order valence-corrected chi connectivity index (χ4v) is 1.81. The molecule has 1 aromatic carbocycles. The highest BCUT2D eigenvalue weighted by Crippen LogP contribution is 2.20. The molecule has 4 heteroatoms. The highest BCUT2D eigenvalue weighted by atomic mass is 79.9. The van der Waals surface area contributed by atoms with E-state index < -0.39 is 0 Å². The van der Waals surface area contributed by atoms with Gasteiger partial charge in [-0.05, 0) is 31.2 Å². The SMILES string of the molecule is CC(Nc1cccc(Br)c1)c1ccn[nH]1. The summed E-state index contributed by atoms with van der Waals surface area (Å²) in [6.45, 7) is 2.09. The molecular weight excluding hydrogens is 254 g/mol. The lowest BCUT2D eigenvalue weighted by Gasteiger charge is -2.13. The summed E-state index contributed by atoms with van der Waals surface area (Å²) in [6.07, 6.45) is 1.76. The first-order valence-electron chi connectivity index (χ1n) is 4.77. The molecule has 0 fully saturated rings. The normalized spacial score (nSPS) is 12.4. The second-order valence-electron chi connectivity index (χ2n) is 3.39. The number of anilines is 1. The first kappa shape index (κ1) is 10.2. The van der Waals surface area contributed by atoms with Crippen molar-refractivity contribution in [1.82, 2.24) is 10.2 Å². The van der Waals surface area contributed by atoms with Crippen molar-refractivity contribution in [3.63, 3.8) is 0 Å². The van der Waals surface area contributed by atoms with E-state index in [1.807, 2.05) is 30.3 Å². The van der Waals surface area contributed by atoms with Gasteiger partial charge in [0, 0.05) is 16.4 Å². The van der Waals surface area contributed by atoms with Crippen molar-refractivity contribution in [3.05, 3.63) is 46.7 Å². The van der Waals surface area contributed by atoms with E-state index in [4.69, 9.17) is 0 Å². The van der Waals surface area contributed by atoms with E-state index in [-0.39, 0.29) is 6.04 Å². The second kappa shape index (κ2) is 4.49. The molecule has 0 radical (unpaired) electrons. The van der Waals surface area contributed by atoms with Crippen molar-refractivity contribution in [1.29, 1.82) is 0 Å². The first-order chi connectivity index (χ1) is 7.25. The summed E-state index contributed by atoms with van der Waals surface area (Å²) < 4.78 is 1.07. The molecular formula is C11H12BrN3. The molecule has 0 amide bonds. The van der Waals surface area contributed by atoms with Crippen molar-refractivity contribution in [2.75, 3.05) is 5.32 Å². The third-order valence-electron chi connectivity index (χ3n) is 2.20. The number of rotatable bonds is 3. The molecule has 3 nitrogen and oxygen atoms in total. The smallest absolute Gasteiger partial charge is 0.0651 e. The van der Waals surface area contributed by atoms with Gasteiger partial charge in [-0.2, -0.15) is 5.10 Å². The van der Waals surface area contributed by atoms with E-state index in [9.17, 15) is 0 Å². The summed E-state index contributed by atoms with van der Waals surface area (Å²) in [6, 6.07) is 10.3. The van der Waals surface area contributed by atoms with Crippen molar-refractivity contribution in [2.45, 2.75) is 13.0 Å². The Kier molecular flexibility index (Phi) is 3.06. The number of hydrogen-bond acceptors (Lipinski definition) is 2. The Morgan fingerprint density at radius 2 is 2.27 bits per heavy atom. The predicted molar refractivity (Wildman–Crippen MR) is 64.8 cm³/mol. The van der Waals surface area contributed by atoms with Crippen LogP contribution in [0.4, 0.5) is 5.69 Å². The summed E-state index contributed by atoms with van der Waals surface area (Å²) >= 11 is 3.44. The minimum Gasteiger partial charge on any atom is -0.377 e. The average molecular weight is 266 g/mol. The van der Waals surface area contributed by atoms with Crippen LogP contribution in [0.5, 0.6) is 0 Å². The van der Waals surface area contributed by atoms with Gasteiger partial charge in [-0.15, -0.1) is 0 Å². The number of aromatic nitrogens is 2. The number of H-pyrrole nitrogens is 1. The Hall–Kier alpha value is -1.29. The van der Waals surface area contributed by atoms with Gasteiger partial charge in [-0.3, -0.25) is 5.10 Å². The number of nitrogens with one attached hydrogen (secondary N) is 2. The molecule has 0 saturated heterocycles. The van der Waals surface area contributed by atoms with Crippen LogP contribution in [0.1, 0.15) is 18.7 Å². The van der Waals surface area contributed by atoms with Crippen molar-refractivity contribution >= 4 is 21.6 Å². The van der Waals surface area contributed by atoms with Crippen molar-refractivity contribution < 1.29 is 0 Å². The standard InChI is InChI=1S/C11H12BrN3/c1-8(11-5-6-13-15-11)14-10-4-2-3-9(12)7-10/h2-8,14H,1H3,(H,13,15). The quantitative estimate of drug-likeness (QED) is 0.894. The van der Waals surface area contributed by atoms with Gasteiger partial charge >= 0.3 is 0 Å².